The molecule has 2 rings (SSSR count). The summed E-state index contributed by atoms with van der Waals surface area (Å²) in [6.07, 6.45) is 0. The number of alkyl halides is 1. The van der Waals surface area contributed by atoms with Gasteiger partial charge in [0.25, 0.3) is 0 Å². The van der Waals surface area contributed by atoms with Crippen LogP contribution in [0.15, 0.2) is 46.9 Å². The first kappa shape index (κ1) is 12.8. The maximum absolute atomic E-state index is 13.3. The smallest absolute Gasteiger partial charge is 0.123 e. The van der Waals surface area contributed by atoms with Crippen molar-refractivity contribution in [2.24, 2.45) is 0 Å². The zero-order valence-electron chi connectivity index (χ0n) is 9.25. The molecule has 0 bridgehead atoms. The van der Waals surface area contributed by atoms with Gasteiger partial charge in [-0.2, -0.15) is 0 Å². The third kappa shape index (κ3) is 3.17. The molecule has 0 amide bonds. The zero-order valence-corrected chi connectivity index (χ0v) is 12.4. The number of hydrogen-bond acceptors (Lipinski definition) is 0. The van der Waals surface area contributed by atoms with Gasteiger partial charge in [-0.3, -0.25) is 0 Å². The molecule has 0 aliphatic carbocycles. The van der Waals surface area contributed by atoms with Crippen molar-refractivity contribution >= 4 is 31.9 Å². The minimum absolute atomic E-state index is 0.0185. The van der Waals surface area contributed by atoms with Crippen LogP contribution in [0.4, 0.5) is 4.39 Å². The third-order valence-corrected chi connectivity index (χ3v) is 4.11. The van der Waals surface area contributed by atoms with Gasteiger partial charge in [0.15, 0.2) is 0 Å². The first-order valence-electron chi connectivity index (χ1n) is 5.23. The summed E-state index contributed by atoms with van der Waals surface area (Å²) in [6, 6.07) is 13.1. The van der Waals surface area contributed by atoms with Crippen LogP contribution in [0.3, 0.4) is 0 Å². The summed E-state index contributed by atoms with van der Waals surface area (Å²) in [4.78, 5) is 0.0185. The fourth-order valence-corrected chi connectivity index (χ4v) is 2.57. The maximum atomic E-state index is 13.3. The molecule has 0 aliphatic heterocycles. The topological polar surface area (TPSA) is 0 Å². The van der Waals surface area contributed by atoms with E-state index in [1.807, 2.05) is 37.3 Å². The van der Waals surface area contributed by atoms with Gasteiger partial charge in [-0.25, -0.2) is 4.39 Å². The highest BCUT2D eigenvalue weighted by molar-refractivity contribution is 9.10. The molecule has 2 aromatic carbocycles. The molecule has 0 saturated carbocycles. The van der Waals surface area contributed by atoms with Gasteiger partial charge >= 0.3 is 0 Å². The third-order valence-electron chi connectivity index (χ3n) is 2.52. The summed E-state index contributed by atoms with van der Waals surface area (Å²) in [6.45, 7) is 1.90. The second-order valence-electron chi connectivity index (χ2n) is 3.98. The Morgan fingerprint density at radius 2 is 1.65 bits per heavy atom. The molecule has 17 heavy (non-hydrogen) atoms. The molecule has 0 nitrogen and oxygen atoms in total. The van der Waals surface area contributed by atoms with Crippen LogP contribution in [0, 0.1) is 12.7 Å². The first-order valence-corrected chi connectivity index (χ1v) is 6.94. The Morgan fingerprint density at radius 3 is 2.24 bits per heavy atom. The second kappa shape index (κ2) is 5.32. The fourth-order valence-electron chi connectivity index (χ4n) is 1.74. The standard InChI is InChI=1S/C14H11Br2F/c1-9-6-11(8-13(17)7-9)14(16)10-2-4-12(15)5-3-10/h2-8,14H,1H3. The Hall–Kier alpha value is -0.670. The predicted octanol–water partition coefficient (Wildman–Crippen LogP) is 5.38. The number of benzene rings is 2. The van der Waals surface area contributed by atoms with Gasteiger partial charge < -0.3 is 0 Å². The van der Waals surface area contributed by atoms with Crippen LogP contribution in [0.1, 0.15) is 21.5 Å². The van der Waals surface area contributed by atoms with Gasteiger partial charge in [-0.15, -0.1) is 0 Å². The van der Waals surface area contributed by atoms with Crippen molar-refractivity contribution in [1.29, 1.82) is 0 Å². The van der Waals surface area contributed by atoms with Crippen molar-refractivity contribution in [3.05, 3.63) is 69.4 Å². The molecule has 0 fully saturated rings. The summed E-state index contributed by atoms with van der Waals surface area (Å²) in [7, 11) is 0. The van der Waals surface area contributed by atoms with Crippen LogP contribution in [-0.4, -0.2) is 0 Å². The summed E-state index contributed by atoms with van der Waals surface area (Å²) >= 11 is 7.00. The zero-order chi connectivity index (χ0) is 12.4. The Bertz CT molecular complexity index is 500. The molecule has 0 aromatic heterocycles. The van der Waals surface area contributed by atoms with Crippen molar-refractivity contribution < 1.29 is 4.39 Å². The van der Waals surface area contributed by atoms with Gasteiger partial charge in [0.2, 0.25) is 0 Å². The van der Waals surface area contributed by atoms with E-state index in [9.17, 15) is 4.39 Å². The van der Waals surface area contributed by atoms with E-state index in [2.05, 4.69) is 31.9 Å². The highest BCUT2D eigenvalue weighted by Crippen LogP contribution is 2.32. The monoisotopic (exact) mass is 356 g/mol. The molecule has 1 unspecified atom stereocenters. The van der Waals surface area contributed by atoms with Crippen molar-refractivity contribution in [3.8, 4) is 0 Å². The van der Waals surface area contributed by atoms with Crippen molar-refractivity contribution in [1.82, 2.24) is 0 Å². The Kier molecular flexibility index (Phi) is 4.00. The summed E-state index contributed by atoms with van der Waals surface area (Å²) in [5.74, 6) is -0.193. The second-order valence-corrected chi connectivity index (χ2v) is 5.81. The van der Waals surface area contributed by atoms with Crippen molar-refractivity contribution in [2.45, 2.75) is 11.8 Å². The van der Waals surface area contributed by atoms with Gasteiger partial charge in [0.05, 0.1) is 4.83 Å². The molecule has 0 saturated heterocycles. The van der Waals surface area contributed by atoms with Gasteiger partial charge in [-0.05, 0) is 47.9 Å². The van der Waals surface area contributed by atoms with E-state index in [1.165, 1.54) is 6.07 Å². The summed E-state index contributed by atoms with van der Waals surface area (Å²) in [5.41, 5.74) is 2.98. The highest BCUT2D eigenvalue weighted by Gasteiger charge is 2.11. The molecule has 2 aromatic rings. The first-order chi connectivity index (χ1) is 8.06. The van der Waals surface area contributed by atoms with E-state index in [0.29, 0.717) is 0 Å². The Balaban J connectivity index is 2.36. The fraction of sp³-hybridized carbons (Fsp3) is 0.143. The van der Waals surface area contributed by atoms with Crippen LogP contribution in [0.2, 0.25) is 0 Å². The number of rotatable bonds is 2. The van der Waals surface area contributed by atoms with Crippen LogP contribution in [0.5, 0.6) is 0 Å². The molecular formula is C14H11Br2F. The van der Waals surface area contributed by atoms with E-state index in [1.54, 1.807) is 6.07 Å². The summed E-state index contributed by atoms with van der Waals surface area (Å²) in [5, 5.41) is 0. The minimum atomic E-state index is -0.193. The van der Waals surface area contributed by atoms with Gasteiger partial charge in [0.1, 0.15) is 5.82 Å². The van der Waals surface area contributed by atoms with E-state index >= 15 is 0 Å². The molecule has 3 heteroatoms. The van der Waals surface area contributed by atoms with E-state index in [0.717, 1.165) is 21.2 Å². The predicted molar refractivity (Wildman–Crippen MR) is 76.0 cm³/mol. The van der Waals surface area contributed by atoms with Crippen molar-refractivity contribution in [2.75, 3.05) is 0 Å². The maximum Gasteiger partial charge on any atom is 0.123 e. The lowest BCUT2D eigenvalue weighted by Gasteiger charge is -2.12. The Morgan fingerprint density at radius 1 is 1.00 bits per heavy atom. The lowest BCUT2D eigenvalue weighted by atomic mass is 10.0. The molecule has 0 heterocycles. The molecule has 0 radical (unpaired) electrons. The lowest BCUT2D eigenvalue weighted by molar-refractivity contribution is 0.624. The lowest BCUT2D eigenvalue weighted by Crippen LogP contribution is -1.94. The molecule has 0 spiro atoms. The average molecular weight is 358 g/mol. The van der Waals surface area contributed by atoms with Crippen LogP contribution in [-0.2, 0) is 0 Å². The van der Waals surface area contributed by atoms with E-state index in [-0.39, 0.29) is 10.6 Å². The largest absolute Gasteiger partial charge is 0.207 e. The SMILES string of the molecule is Cc1cc(F)cc(C(Br)c2ccc(Br)cc2)c1. The van der Waals surface area contributed by atoms with Gasteiger partial charge in [0, 0.05) is 4.47 Å². The number of hydrogen-bond donors (Lipinski definition) is 0. The van der Waals surface area contributed by atoms with E-state index < -0.39 is 0 Å². The molecule has 0 N–H and O–H groups in total. The average Bonchev–Trinajstić information content (AvgIpc) is 2.28. The molecule has 1 atom stereocenters. The molecular weight excluding hydrogens is 347 g/mol. The number of halogens is 3. The van der Waals surface area contributed by atoms with Crippen LogP contribution < -0.4 is 0 Å². The van der Waals surface area contributed by atoms with Crippen LogP contribution >= 0.6 is 31.9 Å². The number of aryl methyl sites for hydroxylation is 1. The Labute approximate surface area is 117 Å². The normalized spacial score (nSPS) is 12.5. The van der Waals surface area contributed by atoms with Crippen molar-refractivity contribution in [3.63, 3.8) is 0 Å². The van der Waals surface area contributed by atoms with Crippen LogP contribution in [0.25, 0.3) is 0 Å². The molecule has 88 valence electrons. The quantitative estimate of drug-likeness (QED) is 0.633. The minimum Gasteiger partial charge on any atom is -0.207 e. The van der Waals surface area contributed by atoms with E-state index in [4.69, 9.17) is 0 Å². The molecule has 0 aliphatic rings. The highest BCUT2D eigenvalue weighted by atomic mass is 79.9. The van der Waals surface area contributed by atoms with Gasteiger partial charge in [-0.1, -0.05) is 50.1 Å². The summed E-state index contributed by atoms with van der Waals surface area (Å²) < 4.78 is 14.4.